The van der Waals surface area contributed by atoms with E-state index in [2.05, 4.69) is 54.7 Å². The van der Waals surface area contributed by atoms with Gasteiger partial charge in [-0.1, -0.05) is 49.4 Å². The first-order chi connectivity index (χ1) is 7.90. The van der Waals surface area contributed by atoms with Crippen molar-refractivity contribution in [2.75, 3.05) is 13.1 Å². The Labute approximate surface area is 97.5 Å². The minimum Gasteiger partial charge on any atom is -0.316 e. The highest BCUT2D eigenvalue weighted by Crippen LogP contribution is 2.15. The summed E-state index contributed by atoms with van der Waals surface area (Å²) in [5.74, 6) is 0. The molecule has 84 valence electrons. The Hall–Kier alpha value is -1.34. The summed E-state index contributed by atoms with van der Waals surface area (Å²) in [6.45, 7) is 4.39. The molecule has 0 heterocycles. The molecule has 0 atom stereocenters. The lowest BCUT2D eigenvalue weighted by atomic mass is 10.1. The van der Waals surface area contributed by atoms with Crippen LogP contribution in [0.1, 0.15) is 18.9 Å². The molecule has 0 aliphatic heterocycles. The molecule has 2 aromatic carbocycles. The molecule has 0 aromatic heterocycles. The van der Waals surface area contributed by atoms with Crippen LogP contribution in [-0.2, 0) is 6.42 Å². The zero-order valence-corrected chi connectivity index (χ0v) is 9.87. The monoisotopic (exact) mass is 213 g/mol. The minimum atomic E-state index is 1.08. The quantitative estimate of drug-likeness (QED) is 0.751. The molecule has 0 saturated heterocycles. The number of benzene rings is 2. The first-order valence-electron chi connectivity index (χ1n) is 6.08. The standard InChI is InChI=1S/C15H19N/c1-2-10-16-11-9-13-7-8-14-5-3-4-6-15(14)12-13/h3-8,12,16H,2,9-11H2,1H3. The van der Waals surface area contributed by atoms with Crippen LogP contribution < -0.4 is 5.32 Å². The lowest BCUT2D eigenvalue weighted by molar-refractivity contribution is 0.671. The second-order valence-corrected chi connectivity index (χ2v) is 4.18. The highest BCUT2D eigenvalue weighted by atomic mass is 14.8. The third-order valence-electron chi connectivity index (χ3n) is 2.83. The molecule has 0 radical (unpaired) electrons. The number of rotatable bonds is 5. The van der Waals surface area contributed by atoms with Gasteiger partial charge in [-0.15, -0.1) is 0 Å². The Balaban J connectivity index is 2.02. The topological polar surface area (TPSA) is 12.0 Å². The van der Waals surface area contributed by atoms with Crippen LogP contribution in [0.25, 0.3) is 10.8 Å². The Kier molecular flexibility index (Phi) is 3.95. The summed E-state index contributed by atoms with van der Waals surface area (Å²) < 4.78 is 0. The smallest absolute Gasteiger partial charge is 0.000835 e. The van der Waals surface area contributed by atoms with Gasteiger partial charge in [0.1, 0.15) is 0 Å². The van der Waals surface area contributed by atoms with E-state index in [9.17, 15) is 0 Å². The third kappa shape index (κ3) is 2.83. The van der Waals surface area contributed by atoms with Crippen LogP contribution >= 0.6 is 0 Å². The SMILES string of the molecule is CCCNCCc1ccc2ccccc2c1. The summed E-state index contributed by atoms with van der Waals surface area (Å²) in [7, 11) is 0. The first kappa shape index (κ1) is 11.2. The van der Waals surface area contributed by atoms with E-state index in [-0.39, 0.29) is 0 Å². The fraction of sp³-hybridized carbons (Fsp3) is 0.333. The van der Waals surface area contributed by atoms with Crippen LogP contribution in [0.3, 0.4) is 0 Å². The molecule has 16 heavy (non-hydrogen) atoms. The average molecular weight is 213 g/mol. The zero-order chi connectivity index (χ0) is 11.2. The van der Waals surface area contributed by atoms with Crippen molar-refractivity contribution in [2.24, 2.45) is 0 Å². The summed E-state index contributed by atoms with van der Waals surface area (Å²) >= 11 is 0. The average Bonchev–Trinajstić information content (AvgIpc) is 2.34. The molecule has 0 fully saturated rings. The molecule has 1 nitrogen and oxygen atoms in total. The predicted molar refractivity (Wildman–Crippen MR) is 70.8 cm³/mol. The van der Waals surface area contributed by atoms with Gasteiger partial charge in [0.05, 0.1) is 0 Å². The molecule has 0 unspecified atom stereocenters. The van der Waals surface area contributed by atoms with Gasteiger partial charge in [-0.05, 0) is 42.3 Å². The van der Waals surface area contributed by atoms with Gasteiger partial charge >= 0.3 is 0 Å². The van der Waals surface area contributed by atoms with Crippen molar-refractivity contribution in [1.82, 2.24) is 5.32 Å². The molecule has 2 aromatic rings. The van der Waals surface area contributed by atoms with Crippen LogP contribution in [-0.4, -0.2) is 13.1 Å². The van der Waals surface area contributed by atoms with E-state index in [1.807, 2.05) is 0 Å². The Morgan fingerprint density at radius 1 is 0.938 bits per heavy atom. The molecule has 1 N–H and O–H groups in total. The van der Waals surface area contributed by atoms with E-state index >= 15 is 0 Å². The number of hydrogen-bond acceptors (Lipinski definition) is 1. The van der Waals surface area contributed by atoms with Gasteiger partial charge in [0.2, 0.25) is 0 Å². The van der Waals surface area contributed by atoms with Gasteiger partial charge in [0.25, 0.3) is 0 Å². The number of nitrogens with one attached hydrogen (secondary N) is 1. The zero-order valence-electron chi connectivity index (χ0n) is 9.87. The number of fused-ring (bicyclic) bond motifs is 1. The van der Waals surface area contributed by atoms with E-state index < -0.39 is 0 Å². The van der Waals surface area contributed by atoms with Gasteiger partial charge in [-0.2, -0.15) is 0 Å². The maximum Gasteiger partial charge on any atom is -0.000835 e. The largest absolute Gasteiger partial charge is 0.316 e. The van der Waals surface area contributed by atoms with Crippen LogP contribution in [0.2, 0.25) is 0 Å². The van der Waals surface area contributed by atoms with Crippen molar-refractivity contribution in [3.8, 4) is 0 Å². The second-order valence-electron chi connectivity index (χ2n) is 4.18. The van der Waals surface area contributed by atoms with Gasteiger partial charge in [-0.3, -0.25) is 0 Å². The molecule has 0 aliphatic rings. The lowest BCUT2D eigenvalue weighted by Gasteiger charge is -2.05. The maximum absolute atomic E-state index is 3.43. The van der Waals surface area contributed by atoms with E-state index in [1.165, 1.54) is 22.8 Å². The molecule has 1 heteroatoms. The van der Waals surface area contributed by atoms with Crippen molar-refractivity contribution < 1.29 is 0 Å². The van der Waals surface area contributed by atoms with Crippen LogP contribution in [0.4, 0.5) is 0 Å². The Bertz CT molecular complexity index is 448. The fourth-order valence-electron chi connectivity index (χ4n) is 1.93. The van der Waals surface area contributed by atoms with Crippen molar-refractivity contribution >= 4 is 10.8 Å². The predicted octanol–water partition coefficient (Wildman–Crippen LogP) is 3.38. The molecule has 0 spiro atoms. The van der Waals surface area contributed by atoms with Crippen LogP contribution in [0.5, 0.6) is 0 Å². The van der Waals surface area contributed by atoms with Gasteiger partial charge < -0.3 is 5.32 Å². The molecule has 0 bridgehead atoms. The highest BCUT2D eigenvalue weighted by Gasteiger charge is 1.95. The lowest BCUT2D eigenvalue weighted by Crippen LogP contribution is -2.17. The number of hydrogen-bond donors (Lipinski definition) is 1. The molecule has 2 rings (SSSR count). The summed E-state index contributed by atoms with van der Waals surface area (Å²) in [5.41, 5.74) is 1.42. The van der Waals surface area contributed by atoms with Crippen molar-refractivity contribution in [3.05, 3.63) is 48.0 Å². The van der Waals surface area contributed by atoms with Crippen molar-refractivity contribution in [2.45, 2.75) is 19.8 Å². The molecule has 0 amide bonds. The van der Waals surface area contributed by atoms with Gasteiger partial charge in [0.15, 0.2) is 0 Å². The molecule has 0 aliphatic carbocycles. The summed E-state index contributed by atoms with van der Waals surface area (Å²) in [4.78, 5) is 0. The Morgan fingerprint density at radius 3 is 2.56 bits per heavy atom. The minimum absolute atomic E-state index is 1.08. The second kappa shape index (κ2) is 5.66. The van der Waals surface area contributed by atoms with E-state index in [1.54, 1.807) is 0 Å². The maximum atomic E-state index is 3.43. The van der Waals surface area contributed by atoms with E-state index in [0.29, 0.717) is 0 Å². The van der Waals surface area contributed by atoms with E-state index in [4.69, 9.17) is 0 Å². The first-order valence-corrected chi connectivity index (χ1v) is 6.08. The summed E-state index contributed by atoms with van der Waals surface area (Å²) in [6, 6.07) is 15.3. The van der Waals surface area contributed by atoms with E-state index in [0.717, 1.165) is 19.5 Å². The van der Waals surface area contributed by atoms with Crippen molar-refractivity contribution in [1.29, 1.82) is 0 Å². The highest BCUT2D eigenvalue weighted by molar-refractivity contribution is 5.82. The van der Waals surface area contributed by atoms with Crippen LogP contribution in [0.15, 0.2) is 42.5 Å². The van der Waals surface area contributed by atoms with Crippen LogP contribution in [0, 0.1) is 0 Å². The van der Waals surface area contributed by atoms with Crippen molar-refractivity contribution in [3.63, 3.8) is 0 Å². The molecular weight excluding hydrogens is 194 g/mol. The Morgan fingerprint density at radius 2 is 1.75 bits per heavy atom. The summed E-state index contributed by atoms with van der Waals surface area (Å²) in [5, 5.41) is 6.10. The molecular formula is C15H19N. The fourth-order valence-corrected chi connectivity index (χ4v) is 1.93. The van der Waals surface area contributed by atoms with Gasteiger partial charge in [-0.25, -0.2) is 0 Å². The van der Waals surface area contributed by atoms with Gasteiger partial charge in [0, 0.05) is 0 Å². The molecule has 0 saturated carbocycles. The summed E-state index contributed by atoms with van der Waals surface area (Å²) in [6.07, 6.45) is 2.32. The normalized spacial score (nSPS) is 10.8. The third-order valence-corrected chi connectivity index (χ3v) is 2.83.